The highest BCUT2D eigenvalue weighted by Gasteiger charge is 2.33. The molecule has 6 rings (SSSR count). The molecule has 0 amide bonds. The Bertz CT molecular complexity index is 1790. The second-order valence-electron chi connectivity index (χ2n) is 9.40. The summed E-state index contributed by atoms with van der Waals surface area (Å²) in [5.41, 5.74) is 3.83. The van der Waals surface area contributed by atoms with E-state index in [1.165, 1.54) is 9.36 Å². The smallest absolute Gasteiger partial charge is 0.275 e. The molecule has 3 aromatic carbocycles. The number of rotatable bonds is 6. The SMILES string of the molecule is Cc1[nH]n(-c2ccccc2)c(=O)c1C(c1ccc(-c2cccc(Cl)c2)o1)c1c(C)[nH]n(-c2ccccc2)c1=O. The molecule has 0 aliphatic carbocycles. The first-order valence-corrected chi connectivity index (χ1v) is 12.9. The van der Waals surface area contributed by atoms with Gasteiger partial charge in [0.15, 0.2) is 0 Å². The number of nitrogens with zero attached hydrogens (tertiary/aromatic N) is 2. The van der Waals surface area contributed by atoms with Crippen LogP contribution >= 0.6 is 11.6 Å². The maximum absolute atomic E-state index is 14.0. The highest BCUT2D eigenvalue weighted by molar-refractivity contribution is 6.30. The minimum atomic E-state index is -0.764. The maximum Gasteiger partial charge on any atom is 0.275 e. The van der Waals surface area contributed by atoms with Gasteiger partial charge in [-0.25, -0.2) is 9.36 Å². The summed E-state index contributed by atoms with van der Waals surface area (Å²) in [6.07, 6.45) is 0. The Balaban J connectivity index is 1.58. The standard InChI is InChI=1S/C31H25ClN4O3/c1-19-27(30(37)35(33-19)23-12-5-3-6-13-23)29(26-17-16-25(39-26)21-10-9-11-22(32)18-21)28-20(2)34-36(31(28)38)24-14-7-4-8-15-24/h3-18,29,33-34H,1-2H3. The quantitative estimate of drug-likeness (QED) is 0.260. The van der Waals surface area contributed by atoms with Crippen LogP contribution in [0, 0.1) is 13.8 Å². The van der Waals surface area contributed by atoms with Gasteiger partial charge in [0, 0.05) is 22.0 Å². The molecule has 194 valence electrons. The monoisotopic (exact) mass is 536 g/mol. The summed E-state index contributed by atoms with van der Waals surface area (Å²) < 4.78 is 9.36. The molecule has 0 aliphatic rings. The van der Waals surface area contributed by atoms with Gasteiger partial charge in [0.1, 0.15) is 11.5 Å². The highest BCUT2D eigenvalue weighted by atomic mass is 35.5. The Labute approximate surface area is 228 Å². The molecule has 7 nitrogen and oxygen atoms in total. The highest BCUT2D eigenvalue weighted by Crippen LogP contribution is 2.36. The second kappa shape index (κ2) is 9.85. The topological polar surface area (TPSA) is 88.7 Å². The number of halogens is 1. The van der Waals surface area contributed by atoms with Crippen molar-refractivity contribution in [3.63, 3.8) is 0 Å². The summed E-state index contributed by atoms with van der Waals surface area (Å²) in [5, 5.41) is 6.98. The van der Waals surface area contributed by atoms with Gasteiger partial charge in [0.25, 0.3) is 11.1 Å². The Morgan fingerprint density at radius 1 is 0.692 bits per heavy atom. The van der Waals surface area contributed by atoms with Crippen molar-refractivity contribution in [2.75, 3.05) is 0 Å². The van der Waals surface area contributed by atoms with Crippen molar-refractivity contribution in [2.24, 2.45) is 0 Å². The van der Waals surface area contributed by atoms with Crippen molar-refractivity contribution in [1.82, 2.24) is 19.6 Å². The summed E-state index contributed by atoms with van der Waals surface area (Å²) in [7, 11) is 0. The van der Waals surface area contributed by atoms with E-state index in [1.54, 1.807) is 6.07 Å². The number of H-pyrrole nitrogens is 2. The lowest BCUT2D eigenvalue weighted by molar-refractivity contribution is 0.513. The van der Waals surface area contributed by atoms with E-state index in [9.17, 15) is 9.59 Å². The number of furan rings is 1. The number of aryl methyl sites for hydroxylation is 2. The van der Waals surface area contributed by atoms with E-state index in [0.29, 0.717) is 50.4 Å². The van der Waals surface area contributed by atoms with Crippen LogP contribution in [-0.2, 0) is 0 Å². The zero-order chi connectivity index (χ0) is 27.1. The number of hydrogen-bond donors (Lipinski definition) is 2. The van der Waals surface area contributed by atoms with Crippen LogP contribution in [0.4, 0.5) is 0 Å². The van der Waals surface area contributed by atoms with Gasteiger partial charge in [-0.3, -0.25) is 19.8 Å². The van der Waals surface area contributed by atoms with E-state index in [2.05, 4.69) is 10.2 Å². The number of benzene rings is 3. The zero-order valence-electron chi connectivity index (χ0n) is 21.3. The Hall–Kier alpha value is -4.75. The normalized spacial score (nSPS) is 11.4. The Morgan fingerprint density at radius 3 is 1.74 bits per heavy atom. The van der Waals surface area contributed by atoms with Crippen LogP contribution in [0.1, 0.15) is 34.2 Å². The molecule has 3 aromatic heterocycles. The second-order valence-corrected chi connectivity index (χ2v) is 9.83. The average molecular weight is 537 g/mol. The van der Waals surface area contributed by atoms with E-state index in [-0.39, 0.29) is 11.1 Å². The molecule has 3 heterocycles. The summed E-state index contributed by atoms with van der Waals surface area (Å²) in [6.45, 7) is 3.67. The van der Waals surface area contributed by atoms with Gasteiger partial charge >= 0.3 is 0 Å². The van der Waals surface area contributed by atoms with Gasteiger partial charge in [0.2, 0.25) is 0 Å². The van der Waals surface area contributed by atoms with Crippen molar-refractivity contribution in [3.05, 3.63) is 151 Å². The van der Waals surface area contributed by atoms with Gasteiger partial charge in [-0.05, 0) is 62.4 Å². The lowest BCUT2D eigenvalue weighted by atomic mass is 9.89. The van der Waals surface area contributed by atoms with Gasteiger partial charge < -0.3 is 4.42 Å². The average Bonchev–Trinajstić information content (AvgIpc) is 3.63. The minimum absolute atomic E-state index is 0.254. The van der Waals surface area contributed by atoms with Crippen molar-refractivity contribution in [1.29, 1.82) is 0 Å². The van der Waals surface area contributed by atoms with E-state index in [4.69, 9.17) is 16.0 Å². The number of hydrogen-bond acceptors (Lipinski definition) is 3. The van der Waals surface area contributed by atoms with Gasteiger partial charge in [-0.1, -0.05) is 60.1 Å². The molecule has 0 saturated heterocycles. The molecule has 6 aromatic rings. The number of nitrogens with one attached hydrogen (secondary N) is 2. The Morgan fingerprint density at radius 2 is 1.23 bits per heavy atom. The molecule has 0 saturated carbocycles. The molecule has 0 fully saturated rings. The number of aromatic amines is 2. The lowest BCUT2D eigenvalue weighted by Crippen LogP contribution is -2.25. The molecule has 0 radical (unpaired) electrons. The van der Waals surface area contributed by atoms with E-state index < -0.39 is 5.92 Å². The van der Waals surface area contributed by atoms with Crippen LogP contribution in [-0.4, -0.2) is 19.6 Å². The predicted octanol–water partition coefficient (Wildman–Crippen LogP) is 6.36. The first-order valence-electron chi connectivity index (χ1n) is 12.5. The van der Waals surface area contributed by atoms with E-state index >= 15 is 0 Å². The first kappa shape index (κ1) is 24.6. The molecule has 0 bridgehead atoms. The van der Waals surface area contributed by atoms with Crippen LogP contribution in [0.5, 0.6) is 0 Å². The molecule has 39 heavy (non-hydrogen) atoms. The summed E-state index contributed by atoms with van der Waals surface area (Å²) >= 11 is 6.22. The lowest BCUT2D eigenvalue weighted by Gasteiger charge is -2.13. The largest absolute Gasteiger partial charge is 0.460 e. The molecule has 2 N–H and O–H groups in total. The van der Waals surface area contributed by atoms with Gasteiger partial charge in [0.05, 0.1) is 28.4 Å². The van der Waals surface area contributed by atoms with Crippen molar-refractivity contribution in [2.45, 2.75) is 19.8 Å². The fourth-order valence-electron chi connectivity index (χ4n) is 5.05. The summed E-state index contributed by atoms with van der Waals surface area (Å²) in [5.74, 6) is 0.301. The fourth-order valence-corrected chi connectivity index (χ4v) is 5.24. The van der Waals surface area contributed by atoms with Crippen LogP contribution in [0.25, 0.3) is 22.7 Å². The zero-order valence-corrected chi connectivity index (χ0v) is 22.1. The van der Waals surface area contributed by atoms with Crippen molar-refractivity contribution >= 4 is 11.6 Å². The third-order valence-electron chi connectivity index (χ3n) is 6.86. The van der Waals surface area contributed by atoms with Crippen LogP contribution < -0.4 is 11.1 Å². The van der Waals surface area contributed by atoms with Gasteiger partial charge in [-0.15, -0.1) is 0 Å². The third kappa shape index (κ3) is 4.36. The predicted molar refractivity (Wildman–Crippen MR) is 152 cm³/mol. The fraction of sp³-hybridized carbons (Fsp3) is 0.0968. The Kier molecular flexibility index (Phi) is 6.21. The molecular weight excluding hydrogens is 512 g/mol. The molecule has 8 heteroatoms. The van der Waals surface area contributed by atoms with E-state index in [1.807, 2.05) is 105 Å². The molecular formula is C31H25ClN4O3. The number of aromatic nitrogens is 4. The van der Waals surface area contributed by atoms with Crippen LogP contribution in [0.2, 0.25) is 5.02 Å². The number of para-hydroxylation sites is 2. The van der Waals surface area contributed by atoms with Gasteiger partial charge in [-0.2, -0.15) is 0 Å². The summed E-state index contributed by atoms with van der Waals surface area (Å²) in [4.78, 5) is 27.9. The van der Waals surface area contributed by atoms with Crippen LogP contribution in [0.15, 0.2) is 111 Å². The first-order chi connectivity index (χ1) is 18.9. The minimum Gasteiger partial charge on any atom is -0.460 e. The summed E-state index contributed by atoms with van der Waals surface area (Å²) in [6, 6.07) is 29.7. The maximum atomic E-state index is 14.0. The molecule has 0 spiro atoms. The molecule has 0 unspecified atom stereocenters. The van der Waals surface area contributed by atoms with Crippen LogP contribution in [0.3, 0.4) is 0 Å². The van der Waals surface area contributed by atoms with Crippen molar-refractivity contribution in [3.8, 4) is 22.7 Å². The third-order valence-corrected chi connectivity index (χ3v) is 7.10. The molecule has 0 aliphatic heterocycles. The molecule has 0 atom stereocenters. The van der Waals surface area contributed by atoms with E-state index in [0.717, 1.165) is 5.56 Å². The van der Waals surface area contributed by atoms with Crippen molar-refractivity contribution < 1.29 is 4.42 Å².